The third kappa shape index (κ3) is 1.43. The lowest BCUT2D eigenvalue weighted by atomic mass is 10.2. The van der Waals surface area contributed by atoms with Crippen LogP contribution in [0.25, 0.3) is 10.9 Å². The highest BCUT2D eigenvalue weighted by Gasteiger charge is 1.96. The number of fused-ring (bicyclic) bond motifs is 1. The van der Waals surface area contributed by atoms with Gasteiger partial charge in [-0.05, 0) is 12.1 Å². The molecule has 0 radical (unpaired) electrons. The van der Waals surface area contributed by atoms with Gasteiger partial charge in [-0.2, -0.15) is 0 Å². The first-order chi connectivity index (χ1) is 5.38. The summed E-state index contributed by atoms with van der Waals surface area (Å²) in [5, 5.41) is 10.3. The van der Waals surface area contributed by atoms with Gasteiger partial charge < -0.3 is 5.11 Å². The predicted molar refractivity (Wildman–Crippen MR) is 53.3 cm³/mol. The van der Waals surface area contributed by atoms with E-state index in [9.17, 15) is 5.11 Å². The topological polar surface area (TPSA) is 33.1 Å². The van der Waals surface area contributed by atoms with Crippen molar-refractivity contribution in [3.63, 3.8) is 0 Å². The summed E-state index contributed by atoms with van der Waals surface area (Å²) in [6, 6.07) is 9.13. The molecule has 2 rings (SSSR count). The first kappa shape index (κ1) is 9.05. The van der Waals surface area contributed by atoms with Crippen molar-refractivity contribution < 1.29 is 5.11 Å². The molecule has 12 heavy (non-hydrogen) atoms. The van der Waals surface area contributed by atoms with E-state index < -0.39 is 0 Å². The van der Waals surface area contributed by atoms with Crippen molar-refractivity contribution in [3.8, 4) is 5.75 Å². The molecule has 1 aromatic carbocycles. The fraction of sp³-hybridized carbons (Fsp3) is 0. The van der Waals surface area contributed by atoms with Crippen LogP contribution in [0.1, 0.15) is 0 Å². The van der Waals surface area contributed by atoms with E-state index in [1.807, 2.05) is 18.2 Å². The summed E-state index contributed by atoms with van der Waals surface area (Å²) < 4.78 is 0. The van der Waals surface area contributed by atoms with Gasteiger partial charge in [0, 0.05) is 11.6 Å². The van der Waals surface area contributed by atoms with E-state index in [4.69, 9.17) is 0 Å². The van der Waals surface area contributed by atoms with Crippen LogP contribution in [-0.4, -0.2) is 27.5 Å². The second-order valence-corrected chi connectivity index (χ2v) is 2.35. The molecule has 0 amide bonds. The van der Waals surface area contributed by atoms with Gasteiger partial charge in [-0.1, -0.05) is 18.2 Å². The van der Waals surface area contributed by atoms with E-state index in [0.717, 1.165) is 5.39 Å². The molecule has 3 heteroatoms. The smallest absolute Gasteiger partial charge is 0.187 e. The second-order valence-electron chi connectivity index (χ2n) is 2.35. The SMILES string of the molecule is Oc1cccc2cccnc12.[AlH3]. The minimum absolute atomic E-state index is 0. The fourth-order valence-corrected chi connectivity index (χ4v) is 1.09. The number of para-hydroxylation sites is 1. The van der Waals surface area contributed by atoms with E-state index in [-0.39, 0.29) is 23.1 Å². The summed E-state index contributed by atoms with van der Waals surface area (Å²) in [6.07, 6.45) is 1.67. The van der Waals surface area contributed by atoms with Gasteiger partial charge in [0.05, 0.1) is 0 Å². The van der Waals surface area contributed by atoms with Crippen LogP contribution >= 0.6 is 0 Å². The Bertz CT molecular complexity index is 384. The van der Waals surface area contributed by atoms with Gasteiger partial charge in [-0.3, -0.25) is 4.98 Å². The predicted octanol–water partition coefficient (Wildman–Crippen LogP) is 0.756. The average molecular weight is 175 g/mol. The molecule has 0 unspecified atom stereocenters. The summed E-state index contributed by atoms with van der Waals surface area (Å²) in [5.74, 6) is 0.239. The van der Waals surface area contributed by atoms with E-state index in [2.05, 4.69) is 4.98 Å². The summed E-state index contributed by atoms with van der Waals surface area (Å²) in [6.45, 7) is 0. The largest absolute Gasteiger partial charge is 0.506 e. The number of pyridine rings is 1. The summed E-state index contributed by atoms with van der Waals surface area (Å²) in [7, 11) is 0. The van der Waals surface area contributed by atoms with Crippen molar-refractivity contribution in [3.05, 3.63) is 36.5 Å². The Kier molecular flexibility index (Phi) is 2.70. The molecule has 60 valence electrons. The number of aromatic hydroxyl groups is 1. The number of phenolic OH excluding ortho intramolecular Hbond substituents is 1. The normalized spacial score (nSPS) is 9.33. The summed E-state index contributed by atoms with van der Waals surface area (Å²) >= 11 is 0. The molecule has 0 bridgehead atoms. The first-order valence-corrected chi connectivity index (χ1v) is 3.40. The highest BCUT2D eigenvalue weighted by atomic mass is 27.0. The van der Waals surface area contributed by atoms with Crippen LogP contribution in [0.5, 0.6) is 5.75 Å². The van der Waals surface area contributed by atoms with Crippen molar-refractivity contribution in [2.75, 3.05) is 0 Å². The number of hydrogen-bond acceptors (Lipinski definition) is 2. The third-order valence-corrected chi connectivity index (χ3v) is 1.61. The molecule has 0 spiro atoms. The second kappa shape index (κ2) is 3.57. The maximum Gasteiger partial charge on any atom is 0.187 e. The van der Waals surface area contributed by atoms with Gasteiger partial charge in [0.1, 0.15) is 11.3 Å². The molecule has 0 saturated carbocycles. The van der Waals surface area contributed by atoms with Crippen LogP contribution in [0.2, 0.25) is 0 Å². The molecule has 0 atom stereocenters. The van der Waals surface area contributed by atoms with Crippen LogP contribution in [0, 0.1) is 0 Å². The Balaban J connectivity index is 0.000000720. The molecule has 0 fully saturated rings. The highest BCUT2D eigenvalue weighted by Crippen LogP contribution is 2.20. The van der Waals surface area contributed by atoms with E-state index >= 15 is 0 Å². The van der Waals surface area contributed by atoms with Crippen LogP contribution in [0.3, 0.4) is 0 Å². The molecule has 0 aliphatic rings. The lowest BCUT2D eigenvalue weighted by Gasteiger charge is -1.96. The van der Waals surface area contributed by atoms with Gasteiger partial charge in [-0.15, -0.1) is 0 Å². The van der Waals surface area contributed by atoms with Gasteiger partial charge >= 0.3 is 0 Å². The monoisotopic (exact) mass is 175 g/mol. The molecule has 1 heterocycles. The Hall–Kier alpha value is -1.04. The lowest BCUT2D eigenvalue weighted by molar-refractivity contribution is 0.480. The number of hydrogen-bond donors (Lipinski definition) is 1. The third-order valence-electron chi connectivity index (χ3n) is 1.61. The Labute approximate surface area is 81.0 Å². The Morgan fingerprint density at radius 2 is 1.83 bits per heavy atom. The number of phenols is 1. The van der Waals surface area contributed by atoms with Gasteiger partial charge in [0.15, 0.2) is 17.4 Å². The van der Waals surface area contributed by atoms with Crippen molar-refractivity contribution in [2.45, 2.75) is 0 Å². The Morgan fingerprint density at radius 1 is 1.08 bits per heavy atom. The van der Waals surface area contributed by atoms with Crippen molar-refractivity contribution >= 4 is 28.3 Å². The Morgan fingerprint density at radius 3 is 2.58 bits per heavy atom. The quantitative estimate of drug-likeness (QED) is 0.599. The number of nitrogens with zero attached hydrogens (tertiary/aromatic N) is 1. The molecular formula is C9H10AlNO. The zero-order valence-electron chi connectivity index (χ0n) is 5.86. The highest BCUT2D eigenvalue weighted by molar-refractivity contribution is 5.83. The van der Waals surface area contributed by atoms with E-state index in [1.165, 1.54) is 0 Å². The van der Waals surface area contributed by atoms with Crippen LogP contribution in [0.4, 0.5) is 0 Å². The van der Waals surface area contributed by atoms with Gasteiger partial charge in [0.25, 0.3) is 0 Å². The van der Waals surface area contributed by atoms with Gasteiger partial charge in [-0.25, -0.2) is 0 Å². The molecule has 2 aromatic rings. The molecule has 0 aliphatic carbocycles. The minimum atomic E-state index is 0. The van der Waals surface area contributed by atoms with Crippen LogP contribution in [-0.2, 0) is 0 Å². The minimum Gasteiger partial charge on any atom is -0.506 e. The van der Waals surface area contributed by atoms with Crippen molar-refractivity contribution in [1.29, 1.82) is 0 Å². The summed E-state index contributed by atoms with van der Waals surface area (Å²) in [4.78, 5) is 4.03. The number of rotatable bonds is 0. The molecule has 2 nitrogen and oxygen atoms in total. The fourth-order valence-electron chi connectivity index (χ4n) is 1.09. The van der Waals surface area contributed by atoms with Crippen LogP contribution in [0.15, 0.2) is 36.5 Å². The van der Waals surface area contributed by atoms with Crippen molar-refractivity contribution in [1.82, 2.24) is 4.98 Å². The van der Waals surface area contributed by atoms with E-state index in [1.54, 1.807) is 18.3 Å². The average Bonchev–Trinajstić information content (AvgIpc) is 2.06. The zero-order chi connectivity index (χ0) is 7.68. The van der Waals surface area contributed by atoms with Crippen molar-refractivity contribution in [2.24, 2.45) is 0 Å². The van der Waals surface area contributed by atoms with E-state index in [0.29, 0.717) is 5.52 Å². The standard InChI is InChI=1S/C9H7NO.Al.3H/c11-8-5-1-3-7-4-2-6-10-9(7)8;;;;/h1-6,11H;;;;. The molecule has 1 aromatic heterocycles. The zero-order valence-corrected chi connectivity index (χ0v) is 5.86. The van der Waals surface area contributed by atoms with Gasteiger partial charge in [0.2, 0.25) is 0 Å². The first-order valence-electron chi connectivity index (χ1n) is 3.40. The number of aromatic nitrogens is 1. The van der Waals surface area contributed by atoms with Crippen LogP contribution < -0.4 is 0 Å². The maximum absolute atomic E-state index is 9.31. The maximum atomic E-state index is 9.31. The lowest BCUT2D eigenvalue weighted by Crippen LogP contribution is -1.76. The number of benzene rings is 1. The molecular weight excluding hydrogens is 165 g/mol. The molecule has 0 saturated heterocycles. The molecule has 0 aliphatic heterocycles. The molecule has 1 N–H and O–H groups in total. The summed E-state index contributed by atoms with van der Waals surface area (Å²) in [5.41, 5.74) is 0.662.